The molecule has 0 aliphatic heterocycles. The van der Waals surface area contributed by atoms with Crippen LogP contribution in [0.2, 0.25) is 0 Å². The molecule has 0 aliphatic rings. The van der Waals surface area contributed by atoms with Gasteiger partial charge < -0.3 is 10.2 Å². The molecular formula is C16H24N4S. The van der Waals surface area contributed by atoms with Crippen molar-refractivity contribution in [1.82, 2.24) is 9.97 Å². The van der Waals surface area contributed by atoms with Gasteiger partial charge in [-0.3, -0.25) is 0 Å². The number of aryl methyl sites for hydroxylation is 1. The second-order valence-corrected chi connectivity index (χ2v) is 6.28. The number of anilines is 2. The third-order valence-corrected chi connectivity index (χ3v) is 4.35. The fourth-order valence-electron chi connectivity index (χ4n) is 2.24. The maximum atomic E-state index is 4.62. The third kappa shape index (κ3) is 4.17. The Morgan fingerprint density at radius 1 is 1.29 bits per heavy atom. The summed E-state index contributed by atoms with van der Waals surface area (Å²) < 4.78 is 0. The predicted octanol–water partition coefficient (Wildman–Crippen LogP) is 3.66. The van der Waals surface area contributed by atoms with Gasteiger partial charge in [-0.2, -0.15) is 0 Å². The summed E-state index contributed by atoms with van der Waals surface area (Å²) in [5.41, 5.74) is 1.13. The first-order valence-electron chi connectivity index (χ1n) is 7.44. The minimum absolute atomic E-state index is 0.817. The lowest BCUT2D eigenvalue weighted by Gasteiger charge is -2.22. The highest BCUT2D eigenvalue weighted by Gasteiger charge is 2.12. The normalized spacial score (nSPS) is 10.7. The molecule has 0 aliphatic carbocycles. The molecule has 0 saturated carbocycles. The Balaban J connectivity index is 2.11. The van der Waals surface area contributed by atoms with Crippen molar-refractivity contribution in [3.8, 4) is 0 Å². The van der Waals surface area contributed by atoms with Gasteiger partial charge >= 0.3 is 0 Å². The average Bonchev–Trinajstić information content (AvgIpc) is 2.98. The van der Waals surface area contributed by atoms with Gasteiger partial charge in [0.25, 0.3) is 0 Å². The van der Waals surface area contributed by atoms with Gasteiger partial charge in [-0.25, -0.2) is 9.97 Å². The van der Waals surface area contributed by atoms with Crippen LogP contribution < -0.4 is 10.2 Å². The SMILES string of the molecule is CCCNc1nc(C)nc(N(C)CCc2cccs2)c1C. The van der Waals surface area contributed by atoms with Crippen LogP contribution in [-0.2, 0) is 6.42 Å². The molecule has 0 radical (unpaired) electrons. The zero-order chi connectivity index (χ0) is 15.2. The van der Waals surface area contributed by atoms with Crippen molar-refractivity contribution < 1.29 is 0 Å². The summed E-state index contributed by atoms with van der Waals surface area (Å²) in [7, 11) is 2.10. The summed E-state index contributed by atoms with van der Waals surface area (Å²) in [6.45, 7) is 8.10. The fourth-order valence-corrected chi connectivity index (χ4v) is 2.94. The van der Waals surface area contributed by atoms with E-state index in [0.717, 1.165) is 49.0 Å². The molecular weight excluding hydrogens is 280 g/mol. The van der Waals surface area contributed by atoms with Gasteiger partial charge in [0.2, 0.25) is 0 Å². The molecule has 1 N–H and O–H groups in total. The van der Waals surface area contributed by atoms with Gasteiger partial charge in [0.05, 0.1) is 0 Å². The van der Waals surface area contributed by atoms with Crippen molar-refractivity contribution in [2.24, 2.45) is 0 Å². The van der Waals surface area contributed by atoms with E-state index in [1.807, 2.05) is 18.3 Å². The molecule has 21 heavy (non-hydrogen) atoms. The topological polar surface area (TPSA) is 41.1 Å². The Labute approximate surface area is 131 Å². The first kappa shape index (κ1) is 15.8. The van der Waals surface area contributed by atoms with Crippen LogP contribution in [0.5, 0.6) is 0 Å². The number of thiophene rings is 1. The van der Waals surface area contributed by atoms with Gasteiger partial charge in [0.15, 0.2) is 0 Å². The van der Waals surface area contributed by atoms with Crippen molar-refractivity contribution in [3.05, 3.63) is 33.8 Å². The van der Waals surface area contributed by atoms with Crippen LogP contribution in [-0.4, -0.2) is 30.1 Å². The monoisotopic (exact) mass is 304 g/mol. The van der Waals surface area contributed by atoms with Gasteiger partial charge in [-0.05, 0) is 38.1 Å². The third-order valence-electron chi connectivity index (χ3n) is 3.41. The molecule has 0 atom stereocenters. The van der Waals surface area contributed by atoms with Crippen LogP contribution in [0, 0.1) is 13.8 Å². The van der Waals surface area contributed by atoms with Crippen molar-refractivity contribution in [3.63, 3.8) is 0 Å². The molecule has 2 heterocycles. The quantitative estimate of drug-likeness (QED) is 0.847. The number of nitrogens with one attached hydrogen (secondary N) is 1. The van der Waals surface area contributed by atoms with Crippen molar-refractivity contribution in [1.29, 1.82) is 0 Å². The van der Waals surface area contributed by atoms with Crippen molar-refractivity contribution in [2.45, 2.75) is 33.6 Å². The highest BCUT2D eigenvalue weighted by molar-refractivity contribution is 7.09. The van der Waals surface area contributed by atoms with E-state index in [0.29, 0.717) is 0 Å². The van der Waals surface area contributed by atoms with Crippen LogP contribution >= 0.6 is 11.3 Å². The Bertz CT molecular complexity index is 566. The Hall–Kier alpha value is -1.62. The lowest BCUT2D eigenvalue weighted by molar-refractivity contribution is 0.847. The summed E-state index contributed by atoms with van der Waals surface area (Å²) in [6, 6.07) is 4.29. The Morgan fingerprint density at radius 3 is 2.76 bits per heavy atom. The lowest BCUT2D eigenvalue weighted by atomic mass is 10.2. The molecule has 2 aromatic rings. The summed E-state index contributed by atoms with van der Waals surface area (Å²) in [4.78, 5) is 12.8. The summed E-state index contributed by atoms with van der Waals surface area (Å²) in [5.74, 6) is 2.80. The summed E-state index contributed by atoms with van der Waals surface area (Å²) in [6.07, 6.45) is 2.14. The summed E-state index contributed by atoms with van der Waals surface area (Å²) >= 11 is 1.81. The minimum Gasteiger partial charge on any atom is -0.370 e. The van der Waals surface area contributed by atoms with Gasteiger partial charge in [-0.1, -0.05) is 13.0 Å². The number of rotatable bonds is 7. The molecule has 0 amide bonds. The van der Waals surface area contributed by atoms with Crippen molar-refractivity contribution in [2.75, 3.05) is 30.4 Å². The molecule has 0 spiro atoms. The number of hydrogen-bond acceptors (Lipinski definition) is 5. The molecule has 5 heteroatoms. The van der Waals surface area contributed by atoms with E-state index < -0.39 is 0 Å². The van der Waals surface area contributed by atoms with E-state index in [-0.39, 0.29) is 0 Å². The van der Waals surface area contributed by atoms with Crippen LogP contribution in [0.3, 0.4) is 0 Å². The molecule has 2 aromatic heterocycles. The molecule has 0 fully saturated rings. The standard InChI is InChI=1S/C16H24N4S/c1-5-9-17-15-12(2)16(19-13(3)18-15)20(4)10-8-14-7-6-11-21-14/h6-7,11H,5,8-10H2,1-4H3,(H,17,18,19). The first-order valence-corrected chi connectivity index (χ1v) is 8.32. The van der Waals surface area contributed by atoms with E-state index >= 15 is 0 Å². The Kier molecular flexibility index (Phi) is 5.56. The molecule has 2 rings (SSSR count). The molecule has 0 saturated heterocycles. The number of hydrogen-bond donors (Lipinski definition) is 1. The predicted molar refractivity (Wildman–Crippen MR) is 91.6 cm³/mol. The maximum Gasteiger partial charge on any atom is 0.137 e. The summed E-state index contributed by atoms with van der Waals surface area (Å²) in [5, 5.41) is 5.52. The van der Waals surface area contributed by atoms with Crippen LogP contribution in [0.15, 0.2) is 17.5 Å². The molecule has 4 nitrogen and oxygen atoms in total. The second kappa shape index (κ2) is 7.41. The average molecular weight is 304 g/mol. The molecule has 0 bridgehead atoms. The molecule has 0 aromatic carbocycles. The Morgan fingerprint density at radius 2 is 2.10 bits per heavy atom. The highest BCUT2D eigenvalue weighted by atomic mass is 32.1. The van der Waals surface area contributed by atoms with Crippen LogP contribution in [0.4, 0.5) is 11.6 Å². The number of nitrogens with zero attached hydrogens (tertiary/aromatic N) is 3. The van der Waals surface area contributed by atoms with Crippen molar-refractivity contribution >= 4 is 23.0 Å². The van der Waals surface area contributed by atoms with E-state index in [1.165, 1.54) is 4.88 Å². The maximum absolute atomic E-state index is 4.62. The number of likely N-dealkylation sites (N-methyl/N-ethyl adjacent to an activating group) is 1. The molecule has 114 valence electrons. The number of aromatic nitrogens is 2. The van der Waals surface area contributed by atoms with Gasteiger partial charge in [-0.15, -0.1) is 11.3 Å². The van der Waals surface area contributed by atoms with Gasteiger partial charge in [0, 0.05) is 30.6 Å². The van der Waals surface area contributed by atoms with Crippen LogP contribution in [0.1, 0.15) is 29.6 Å². The molecule has 0 unspecified atom stereocenters. The smallest absolute Gasteiger partial charge is 0.137 e. The van der Waals surface area contributed by atoms with Crippen LogP contribution in [0.25, 0.3) is 0 Å². The minimum atomic E-state index is 0.817. The highest BCUT2D eigenvalue weighted by Crippen LogP contribution is 2.23. The first-order chi connectivity index (χ1) is 10.1. The van der Waals surface area contributed by atoms with E-state index in [2.05, 4.69) is 58.6 Å². The zero-order valence-corrected chi connectivity index (χ0v) is 14.1. The van der Waals surface area contributed by atoms with Gasteiger partial charge in [0.1, 0.15) is 17.5 Å². The lowest BCUT2D eigenvalue weighted by Crippen LogP contribution is -2.23. The zero-order valence-electron chi connectivity index (χ0n) is 13.3. The van der Waals surface area contributed by atoms with E-state index in [1.54, 1.807) is 0 Å². The largest absolute Gasteiger partial charge is 0.370 e. The van der Waals surface area contributed by atoms with E-state index in [9.17, 15) is 0 Å². The van der Waals surface area contributed by atoms with E-state index in [4.69, 9.17) is 0 Å². The fraction of sp³-hybridized carbons (Fsp3) is 0.500. The second-order valence-electron chi connectivity index (χ2n) is 5.25.